The van der Waals surface area contributed by atoms with Crippen molar-refractivity contribution in [2.75, 3.05) is 7.05 Å². The van der Waals surface area contributed by atoms with Crippen LogP contribution in [0.25, 0.3) is 0 Å². The van der Waals surface area contributed by atoms with E-state index in [0.29, 0.717) is 6.04 Å². The van der Waals surface area contributed by atoms with Crippen molar-refractivity contribution < 1.29 is 0 Å². The molecular formula is C19H25N. The molecule has 2 aromatic carbocycles. The molecule has 20 heavy (non-hydrogen) atoms. The van der Waals surface area contributed by atoms with E-state index in [2.05, 4.69) is 75.6 Å². The predicted molar refractivity (Wildman–Crippen MR) is 87.4 cm³/mol. The van der Waals surface area contributed by atoms with Gasteiger partial charge in [0, 0.05) is 6.04 Å². The molecule has 0 spiro atoms. The molecular weight excluding hydrogens is 242 g/mol. The summed E-state index contributed by atoms with van der Waals surface area (Å²) >= 11 is 0. The second kappa shape index (κ2) is 6.71. The third-order valence-electron chi connectivity index (χ3n) is 4.23. The molecule has 1 nitrogen and oxygen atoms in total. The molecule has 2 aromatic rings. The largest absolute Gasteiger partial charge is 0.316 e. The van der Waals surface area contributed by atoms with Gasteiger partial charge in [-0.3, -0.25) is 0 Å². The molecule has 0 aliphatic rings. The minimum atomic E-state index is 0.482. The Morgan fingerprint density at radius 3 is 2.00 bits per heavy atom. The Kier molecular flexibility index (Phi) is 4.97. The minimum absolute atomic E-state index is 0.482. The highest BCUT2D eigenvalue weighted by atomic mass is 14.9. The maximum atomic E-state index is 3.48. The van der Waals surface area contributed by atoms with Gasteiger partial charge in [-0.2, -0.15) is 0 Å². The Balaban J connectivity index is 2.16. The minimum Gasteiger partial charge on any atom is -0.316 e. The number of likely N-dealkylation sites (N-methyl/N-ethyl adjacent to an activating group) is 1. The van der Waals surface area contributed by atoms with E-state index in [1.54, 1.807) is 0 Å². The molecule has 0 heterocycles. The van der Waals surface area contributed by atoms with Gasteiger partial charge in [-0.15, -0.1) is 0 Å². The highest BCUT2D eigenvalue weighted by Crippen LogP contribution is 2.18. The molecule has 1 unspecified atom stereocenters. The fourth-order valence-corrected chi connectivity index (χ4v) is 2.80. The van der Waals surface area contributed by atoms with Crippen LogP contribution in [0.15, 0.2) is 42.5 Å². The zero-order chi connectivity index (χ0) is 14.5. The van der Waals surface area contributed by atoms with Crippen molar-refractivity contribution in [3.63, 3.8) is 0 Å². The average Bonchev–Trinajstić information content (AvgIpc) is 2.44. The second-order valence-electron chi connectivity index (χ2n) is 5.69. The standard InChI is InChI=1S/C19H25N/c1-14-8-5-6-11-17(14)12-18(20-4)13-19-15(2)9-7-10-16(19)3/h5-11,18,20H,12-13H2,1-4H3. The smallest absolute Gasteiger partial charge is 0.0145 e. The van der Waals surface area contributed by atoms with Gasteiger partial charge in [-0.25, -0.2) is 0 Å². The number of rotatable bonds is 5. The predicted octanol–water partition coefficient (Wildman–Crippen LogP) is 3.99. The maximum Gasteiger partial charge on any atom is 0.0145 e. The Hall–Kier alpha value is -1.60. The van der Waals surface area contributed by atoms with Crippen LogP contribution in [0.5, 0.6) is 0 Å². The first-order valence-corrected chi connectivity index (χ1v) is 7.38. The summed E-state index contributed by atoms with van der Waals surface area (Å²) in [7, 11) is 2.07. The zero-order valence-electron chi connectivity index (χ0n) is 13.0. The van der Waals surface area contributed by atoms with Gasteiger partial charge in [-0.05, 0) is 68.5 Å². The third kappa shape index (κ3) is 3.49. The number of aryl methyl sites for hydroxylation is 3. The Morgan fingerprint density at radius 2 is 1.40 bits per heavy atom. The Morgan fingerprint density at radius 1 is 0.800 bits per heavy atom. The molecule has 2 rings (SSSR count). The Bertz CT molecular complexity index is 551. The van der Waals surface area contributed by atoms with Gasteiger partial charge >= 0.3 is 0 Å². The van der Waals surface area contributed by atoms with Crippen LogP contribution in [0, 0.1) is 20.8 Å². The molecule has 0 saturated carbocycles. The lowest BCUT2D eigenvalue weighted by Crippen LogP contribution is -2.30. The van der Waals surface area contributed by atoms with E-state index in [1.807, 2.05) is 0 Å². The second-order valence-corrected chi connectivity index (χ2v) is 5.69. The quantitative estimate of drug-likeness (QED) is 0.864. The maximum absolute atomic E-state index is 3.48. The highest BCUT2D eigenvalue weighted by molar-refractivity contribution is 5.35. The van der Waals surface area contributed by atoms with Crippen LogP contribution in [0.4, 0.5) is 0 Å². The molecule has 0 fully saturated rings. The first-order chi connectivity index (χ1) is 9.61. The summed E-state index contributed by atoms with van der Waals surface area (Å²) in [5.74, 6) is 0. The lowest BCUT2D eigenvalue weighted by molar-refractivity contribution is 0.553. The number of hydrogen-bond acceptors (Lipinski definition) is 1. The monoisotopic (exact) mass is 267 g/mol. The van der Waals surface area contributed by atoms with E-state index in [1.165, 1.54) is 27.8 Å². The lowest BCUT2D eigenvalue weighted by atomic mass is 9.92. The van der Waals surface area contributed by atoms with Crippen LogP contribution in [0.3, 0.4) is 0 Å². The van der Waals surface area contributed by atoms with Crippen LogP contribution in [0.1, 0.15) is 27.8 Å². The molecule has 0 aliphatic heterocycles. The van der Waals surface area contributed by atoms with E-state index < -0.39 is 0 Å². The van der Waals surface area contributed by atoms with E-state index >= 15 is 0 Å². The average molecular weight is 267 g/mol. The van der Waals surface area contributed by atoms with Crippen molar-refractivity contribution in [2.24, 2.45) is 0 Å². The van der Waals surface area contributed by atoms with Gasteiger partial charge in [0.2, 0.25) is 0 Å². The molecule has 1 atom stereocenters. The van der Waals surface area contributed by atoms with Gasteiger partial charge in [0.15, 0.2) is 0 Å². The van der Waals surface area contributed by atoms with Gasteiger partial charge < -0.3 is 5.32 Å². The van der Waals surface area contributed by atoms with Crippen molar-refractivity contribution >= 4 is 0 Å². The van der Waals surface area contributed by atoms with Crippen LogP contribution < -0.4 is 5.32 Å². The molecule has 0 radical (unpaired) electrons. The number of nitrogens with one attached hydrogen (secondary N) is 1. The van der Waals surface area contributed by atoms with E-state index in [0.717, 1.165) is 12.8 Å². The highest BCUT2D eigenvalue weighted by Gasteiger charge is 2.12. The van der Waals surface area contributed by atoms with Crippen LogP contribution in [-0.4, -0.2) is 13.1 Å². The van der Waals surface area contributed by atoms with Crippen molar-refractivity contribution in [3.8, 4) is 0 Å². The van der Waals surface area contributed by atoms with Gasteiger partial charge in [0.1, 0.15) is 0 Å². The first-order valence-electron chi connectivity index (χ1n) is 7.38. The fourth-order valence-electron chi connectivity index (χ4n) is 2.80. The molecule has 0 saturated heterocycles. The normalized spacial score (nSPS) is 12.4. The van der Waals surface area contributed by atoms with Gasteiger partial charge in [0.05, 0.1) is 0 Å². The molecule has 1 N–H and O–H groups in total. The molecule has 106 valence electrons. The summed E-state index contributed by atoms with van der Waals surface area (Å²) in [5, 5.41) is 3.48. The molecule has 0 amide bonds. The van der Waals surface area contributed by atoms with Crippen molar-refractivity contribution in [1.29, 1.82) is 0 Å². The lowest BCUT2D eigenvalue weighted by Gasteiger charge is -2.20. The van der Waals surface area contributed by atoms with Crippen LogP contribution >= 0.6 is 0 Å². The zero-order valence-corrected chi connectivity index (χ0v) is 13.0. The summed E-state index contributed by atoms with van der Waals surface area (Å²) in [6.45, 7) is 6.62. The summed E-state index contributed by atoms with van der Waals surface area (Å²) in [4.78, 5) is 0. The van der Waals surface area contributed by atoms with Crippen molar-refractivity contribution in [3.05, 3.63) is 70.3 Å². The number of benzene rings is 2. The summed E-state index contributed by atoms with van der Waals surface area (Å²) < 4.78 is 0. The summed E-state index contributed by atoms with van der Waals surface area (Å²) in [6, 6.07) is 15.7. The molecule has 0 bridgehead atoms. The van der Waals surface area contributed by atoms with Gasteiger partial charge in [-0.1, -0.05) is 42.5 Å². The summed E-state index contributed by atoms with van der Waals surface area (Å²) in [5.41, 5.74) is 7.11. The fraction of sp³-hybridized carbons (Fsp3) is 0.368. The van der Waals surface area contributed by atoms with Gasteiger partial charge in [0.25, 0.3) is 0 Å². The van der Waals surface area contributed by atoms with Crippen LogP contribution in [-0.2, 0) is 12.8 Å². The molecule has 0 aromatic heterocycles. The Labute approximate surface area is 123 Å². The third-order valence-corrected chi connectivity index (χ3v) is 4.23. The van der Waals surface area contributed by atoms with Crippen molar-refractivity contribution in [2.45, 2.75) is 39.7 Å². The summed E-state index contributed by atoms with van der Waals surface area (Å²) in [6.07, 6.45) is 2.17. The number of hydrogen-bond donors (Lipinski definition) is 1. The SMILES string of the molecule is CNC(Cc1ccccc1C)Cc1c(C)cccc1C. The molecule has 1 heteroatoms. The first kappa shape index (κ1) is 14.8. The topological polar surface area (TPSA) is 12.0 Å². The van der Waals surface area contributed by atoms with E-state index in [4.69, 9.17) is 0 Å². The van der Waals surface area contributed by atoms with Crippen molar-refractivity contribution in [1.82, 2.24) is 5.32 Å². The molecule has 0 aliphatic carbocycles. The van der Waals surface area contributed by atoms with E-state index in [-0.39, 0.29) is 0 Å². The van der Waals surface area contributed by atoms with E-state index in [9.17, 15) is 0 Å². The van der Waals surface area contributed by atoms with Crippen LogP contribution in [0.2, 0.25) is 0 Å².